The van der Waals surface area contributed by atoms with E-state index in [4.69, 9.17) is 4.74 Å². The van der Waals surface area contributed by atoms with Gasteiger partial charge >= 0.3 is 0 Å². The zero-order chi connectivity index (χ0) is 11.5. The number of aryl methyl sites for hydroxylation is 1. The second-order valence-electron chi connectivity index (χ2n) is 3.38. The number of phenols is 1. The lowest BCUT2D eigenvalue weighted by Gasteiger charge is -2.07. The first-order valence-electron chi connectivity index (χ1n) is 4.81. The number of rotatable bonds is 3. The summed E-state index contributed by atoms with van der Waals surface area (Å²) < 4.78 is 5.48. The van der Waals surface area contributed by atoms with Gasteiger partial charge in [0.1, 0.15) is 11.5 Å². The van der Waals surface area contributed by atoms with Crippen LogP contribution in [0.25, 0.3) is 0 Å². The average molecular weight is 220 g/mol. The van der Waals surface area contributed by atoms with Gasteiger partial charge in [0.15, 0.2) is 6.61 Å². The van der Waals surface area contributed by atoms with Crippen molar-refractivity contribution in [1.82, 2.24) is 20.2 Å². The van der Waals surface area contributed by atoms with Crippen molar-refractivity contribution in [3.63, 3.8) is 0 Å². The minimum atomic E-state index is 0.213. The SMILES string of the molecule is Cc1c(O)cccc1OCc1nnn(C)n1. The molecular formula is C10H12N4O2. The highest BCUT2D eigenvalue weighted by Gasteiger charge is 2.06. The van der Waals surface area contributed by atoms with Crippen LogP contribution in [0.1, 0.15) is 11.4 Å². The van der Waals surface area contributed by atoms with Crippen molar-refractivity contribution in [2.75, 3.05) is 0 Å². The molecule has 0 spiro atoms. The van der Waals surface area contributed by atoms with E-state index < -0.39 is 0 Å². The van der Waals surface area contributed by atoms with Gasteiger partial charge in [0.2, 0.25) is 5.82 Å². The first-order valence-corrected chi connectivity index (χ1v) is 4.81. The predicted molar refractivity (Wildman–Crippen MR) is 56.0 cm³/mol. The van der Waals surface area contributed by atoms with E-state index in [-0.39, 0.29) is 12.4 Å². The smallest absolute Gasteiger partial charge is 0.212 e. The third kappa shape index (κ3) is 2.10. The van der Waals surface area contributed by atoms with E-state index in [1.54, 1.807) is 32.2 Å². The molecule has 1 aromatic carbocycles. The van der Waals surface area contributed by atoms with Crippen LogP contribution in [-0.4, -0.2) is 25.3 Å². The highest BCUT2D eigenvalue weighted by atomic mass is 16.5. The van der Waals surface area contributed by atoms with Crippen LogP contribution in [0.3, 0.4) is 0 Å². The fraction of sp³-hybridized carbons (Fsp3) is 0.300. The Kier molecular flexibility index (Phi) is 2.72. The normalized spacial score (nSPS) is 10.4. The number of benzene rings is 1. The standard InChI is InChI=1S/C10H12N4O2/c1-7-8(15)4-3-5-9(7)16-6-10-11-13-14(2)12-10/h3-5,15H,6H2,1-2H3. The van der Waals surface area contributed by atoms with E-state index in [2.05, 4.69) is 15.4 Å². The van der Waals surface area contributed by atoms with Crippen molar-refractivity contribution < 1.29 is 9.84 Å². The number of aromatic nitrogens is 4. The molecule has 0 atom stereocenters. The van der Waals surface area contributed by atoms with E-state index in [1.807, 2.05) is 0 Å². The third-order valence-electron chi connectivity index (χ3n) is 2.16. The molecule has 0 saturated carbocycles. The molecule has 6 nitrogen and oxygen atoms in total. The van der Waals surface area contributed by atoms with Crippen molar-refractivity contribution in [2.24, 2.45) is 7.05 Å². The summed E-state index contributed by atoms with van der Waals surface area (Å²) in [6.07, 6.45) is 0. The van der Waals surface area contributed by atoms with Crippen LogP contribution in [0.5, 0.6) is 11.5 Å². The lowest BCUT2D eigenvalue weighted by molar-refractivity contribution is 0.291. The van der Waals surface area contributed by atoms with E-state index in [9.17, 15) is 5.11 Å². The number of nitrogens with zero attached hydrogens (tertiary/aromatic N) is 4. The van der Waals surface area contributed by atoms with Crippen LogP contribution in [0.4, 0.5) is 0 Å². The molecule has 2 aromatic rings. The number of hydrogen-bond donors (Lipinski definition) is 1. The van der Waals surface area contributed by atoms with Crippen LogP contribution >= 0.6 is 0 Å². The monoisotopic (exact) mass is 220 g/mol. The van der Waals surface area contributed by atoms with Gasteiger partial charge in [-0.15, -0.1) is 10.2 Å². The molecule has 1 aromatic heterocycles. The fourth-order valence-corrected chi connectivity index (χ4v) is 1.28. The maximum Gasteiger partial charge on any atom is 0.212 e. The Hall–Kier alpha value is -2.11. The summed E-state index contributed by atoms with van der Waals surface area (Å²) in [5.41, 5.74) is 0.700. The van der Waals surface area contributed by atoms with Crippen LogP contribution in [0.2, 0.25) is 0 Å². The topological polar surface area (TPSA) is 73.1 Å². The third-order valence-corrected chi connectivity index (χ3v) is 2.16. The van der Waals surface area contributed by atoms with Crippen LogP contribution in [0.15, 0.2) is 18.2 Å². The van der Waals surface area contributed by atoms with Gasteiger partial charge in [-0.1, -0.05) is 6.07 Å². The van der Waals surface area contributed by atoms with Crippen LogP contribution in [0, 0.1) is 6.92 Å². The molecule has 0 amide bonds. The molecule has 0 fully saturated rings. The number of hydrogen-bond acceptors (Lipinski definition) is 5. The van der Waals surface area contributed by atoms with Crippen molar-refractivity contribution >= 4 is 0 Å². The zero-order valence-electron chi connectivity index (χ0n) is 9.08. The van der Waals surface area contributed by atoms with E-state index in [1.165, 1.54) is 4.80 Å². The lowest BCUT2D eigenvalue weighted by atomic mass is 10.2. The minimum Gasteiger partial charge on any atom is -0.508 e. The fourth-order valence-electron chi connectivity index (χ4n) is 1.28. The van der Waals surface area contributed by atoms with Crippen LogP contribution < -0.4 is 4.74 Å². The molecule has 0 aliphatic heterocycles. The second-order valence-corrected chi connectivity index (χ2v) is 3.38. The first kappa shape index (κ1) is 10.4. The summed E-state index contributed by atoms with van der Waals surface area (Å²) >= 11 is 0. The molecule has 0 radical (unpaired) electrons. The number of tetrazole rings is 1. The molecule has 0 aliphatic rings. The van der Waals surface area contributed by atoms with Crippen molar-refractivity contribution in [2.45, 2.75) is 13.5 Å². The molecule has 2 rings (SSSR count). The first-order chi connectivity index (χ1) is 7.66. The summed E-state index contributed by atoms with van der Waals surface area (Å²) in [5.74, 6) is 1.34. The molecular weight excluding hydrogens is 208 g/mol. The van der Waals surface area contributed by atoms with Gasteiger partial charge in [-0.05, 0) is 24.3 Å². The largest absolute Gasteiger partial charge is 0.508 e. The van der Waals surface area contributed by atoms with Crippen molar-refractivity contribution in [1.29, 1.82) is 0 Å². The summed E-state index contributed by atoms with van der Waals surface area (Å²) in [5, 5.41) is 21.0. The molecule has 0 saturated heterocycles. The number of phenolic OH excluding ortho intramolecular Hbond substituents is 1. The quantitative estimate of drug-likeness (QED) is 0.828. The summed E-state index contributed by atoms with van der Waals surface area (Å²) in [7, 11) is 1.69. The molecule has 0 aliphatic carbocycles. The molecule has 0 unspecified atom stereocenters. The van der Waals surface area contributed by atoms with Gasteiger partial charge in [0.05, 0.1) is 7.05 Å². The van der Waals surface area contributed by atoms with Gasteiger partial charge in [-0.3, -0.25) is 0 Å². The highest BCUT2D eigenvalue weighted by molar-refractivity contribution is 5.42. The van der Waals surface area contributed by atoms with Crippen molar-refractivity contribution in [3.05, 3.63) is 29.6 Å². The van der Waals surface area contributed by atoms with Gasteiger partial charge in [-0.25, -0.2) is 0 Å². The lowest BCUT2D eigenvalue weighted by Crippen LogP contribution is -2.00. The average Bonchev–Trinajstić information content (AvgIpc) is 2.67. The second kappa shape index (κ2) is 4.18. The Bertz CT molecular complexity index is 495. The molecule has 16 heavy (non-hydrogen) atoms. The minimum absolute atomic E-state index is 0.213. The molecule has 1 heterocycles. The predicted octanol–water partition coefficient (Wildman–Crippen LogP) is 0.803. The van der Waals surface area contributed by atoms with E-state index >= 15 is 0 Å². The Morgan fingerprint density at radius 3 is 2.94 bits per heavy atom. The highest BCUT2D eigenvalue weighted by Crippen LogP contribution is 2.26. The Labute approximate surface area is 92.5 Å². The van der Waals surface area contributed by atoms with Crippen molar-refractivity contribution in [3.8, 4) is 11.5 Å². The molecule has 0 bridgehead atoms. The Balaban J connectivity index is 2.07. The van der Waals surface area contributed by atoms with Gasteiger partial charge < -0.3 is 9.84 Å². The molecule has 1 N–H and O–H groups in total. The van der Waals surface area contributed by atoms with Gasteiger partial charge in [0, 0.05) is 5.56 Å². The number of aromatic hydroxyl groups is 1. The van der Waals surface area contributed by atoms with Crippen LogP contribution in [-0.2, 0) is 13.7 Å². The maximum atomic E-state index is 9.47. The molecule has 6 heteroatoms. The van der Waals surface area contributed by atoms with Gasteiger partial charge in [-0.2, -0.15) is 4.80 Å². The van der Waals surface area contributed by atoms with E-state index in [0.29, 0.717) is 17.1 Å². The summed E-state index contributed by atoms with van der Waals surface area (Å²) in [6.45, 7) is 2.02. The van der Waals surface area contributed by atoms with E-state index in [0.717, 1.165) is 0 Å². The molecule has 84 valence electrons. The number of ether oxygens (including phenoxy) is 1. The Morgan fingerprint density at radius 2 is 2.25 bits per heavy atom. The summed E-state index contributed by atoms with van der Waals surface area (Å²) in [4.78, 5) is 1.37. The summed E-state index contributed by atoms with van der Waals surface area (Å²) in [6, 6.07) is 5.12. The zero-order valence-corrected chi connectivity index (χ0v) is 9.08. The Morgan fingerprint density at radius 1 is 1.44 bits per heavy atom. The maximum absolute atomic E-state index is 9.47. The van der Waals surface area contributed by atoms with Gasteiger partial charge in [0.25, 0.3) is 0 Å².